The van der Waals surface area contributed by atoms with Crippen LogP contribution in [0.4, 0.5) is 0 Å². The lowest BCUT2D eigenvalue weighted by Gasteiger charge is -2.32. The lowest BCUT2D eigenvalue weighted by Crippen LogP contribution is -2.39. The van der Waals surface area contributed by atoms with E-state index in [0.29, 0.717) is 6.42 Å². The van der Waals surface area contributed by atoms with Crippen molar-refractivity contribution < 1.29 is 4.43 Å². The molecule has 0 unspecified atom stereocenters. The largest absolute Gasteiger partial charge is 0.408 e. The Balaban J connectivity index is 4.78. The number of rotatable bonds is 5. The third kappa shape index (κ3) is 7.50. The highest BCUT2D eigenvalue weighted by Gasteiger charge is 2.28. The summed E-state index contributed by atoms with van der Waals surface area (Å²) >= 11 is 0. The van der Waals surface area contributed by atoms with Crippen LogP contribution in [0, 0.1) is 12.3 Å². The van der Waals surface area contributed by atoms with E-state index < -0.39 is 8.32 Å². The molecule has 0 rings (SSSR count). The minimum atomic E-state index is -1.57. The van der Waals surface area contributed by atoms with E-state index >= 15 is 0 Å². The predicted molar refractivity (Wildman–Crippen MR) is 74.9 cm³/mol. The molecule has 90 valence electrons. The summed E-state index contributed by atoms with van der Waals surface area (Å²) in [6.45, 7) is 12.7. The Labute approximate surface area is 102 Å². The molecule has 0 aliphatic rings. The molecule has 0 saturated heterocycles. The minimum absolute atomic E-state index is 0.328. The van der Waals surface area contributed by atoms with E-state index in [1.54, 1.807) is 0 Å². The maximum atomic E-state index is 6.13. The SMILES string of the molecule is C#CC[C@@](C)(/C=C/C=C(C)C)O[Si](C)(C)C. The second kappa shape index (κ2) is 6.08. The molecule has 0 aliphatic heterocycles. The molecule has 0 radical (unpaired) electrons. The third-order valence-corrected chi connectivity index (χ3v) is 2.95. The number of allylic oxidation sites excluding steroid dienone is 3. The summed E-state index contributed by atoms with van der Waals surface area (Å²) in [7, 11) is -1.57. The van der Waals surface area contributed by atoms with Crippen molar-refractivity contribution in [3.63, 3.8) is 0 Å². The molecule has 1 nitrogen and oxygen atoms in total. The van der Waals surface area contributed by atoms with Gasteiger partial charge in [-0.25, -0.2) is 0 Å². The Bertz CT molecular complexity index is 311. The first-order valence-corrected chi connectivity index (χ1v) is 9.06. The van der Waals surface area contributed by atoms with Crippen LogP contribution in [0.25, 0.3) is 0 Å². The van der Waals surface area contributed by atoms with E-state index in [0.717, 1.165) is 0 Å². The second-order valence-electron chi connectivity index (χ2n) is 5.51. The maximum Gasteiger partial charge on any atom is 0.184 e. The highest BCUT2D eigenvalue weighted by molar-refractivity contribution is 6.69. The molecule has 2 heteroatoms. The normalized spacial score (nSPS) is 15.6. The molecule has 0 aliphatic carbocycles. The molecule has 0 aromatic heterocycles. The fourth-order valence-electron chi connectivity index (χ4n) is 1.48. The zero-order valence-electron chi connectivity index (χ0n) is 11.4. The van der Waals surface area contributed by atoms with Crippen molar-refractivity contribution in [2.24, 2.45) is 0 Å². The highest BCUT2D eigenvalue weighted by Crippen LogP contribution is 2.22. The van der Waals surface area contributed by atoms with Gasteiger partial charge in [0.15, 0.2) is 8.32 Å². The molecule has 16 heavy (non-hydrogen) atoms. The van der Waals surface area contributed by atoms with Crippen molar-refractivity contribution >= 4 is 8.32 Å². The van der Waals surface area contributed by atoms with Crippen LogP contribution in [0.2, 0.25) is 19.6 Å². The summed E-state index contributed by atoms with van der Waals surface area (Å²) in [6, 6.07) is 0. The van der Waals surface area contributed by atoms with Gasteiger partial charge in [-0.3, -0.25) is 0 Å². The molecule has 0 amide bonds. The van der Waals surface area contributed by atoms with Crippen molar-refractivity contribution in [2.75, 3.05) is 0 Å². The fraction of sp³-hybridized carbons (Fsp3) is 0.571. The molecule has 0 aromatic carbocycles. The van der Waals surface area contributed by atoms with Crippen LogP contribution in [0.15, 0.2) is 23.8 Å². The first-order valence-electron chi connectivity index (χ1n) is 5.65. The summed E-state index contributed by atoms with van der Waals surface area (Å²) in [5.41, 5.74) is 0.942. The molecular formula is C14H24OSi. The van der Waals surface area contributed by atoms with Crippen molar-refractivity contribution in [3.05, 3.63) is 23.8 Å². The van der Waals surface area contributed by atoms with Gasteiger partial charge in [-0.15, -0.1) is 12.3 Å². The van der Waals surface area contributed by atoms with Gasteiger partial charge in [0.1, 0.15) is 0 Å². The average Bonchev–Trinajstić information content (AvgIpc) is 1.98. The first-order chi connectivity index (χ1) is 7.18. The highest BCUT2D eigenvalue weighted by atomic mass is 28.4. The molecular weight excluding hydrogens is 212 g/mol. The zero-order valence-corrected chi connectivity index (χ0v) is 12.4. The Morgan fingerprint density at radius 1 is 1.38 bits per heavy atom. The Hall–Kier alpha value is -0.783. The molecule has 0 spiro atoms. The summed E-state index contributed by atoms with van der Waals surface area (Å²) in [6.07, 6.45) is 12.2. The van der Waals surface area contributed by atoms with Crippen molar-refractivity contribution in [1.82, 2.24) is 0 Å². The van der Waals surface area contributed by atoms with Crippen LogP contribution >= 0.6 is 0 Å². The van der Waals surface area contributed by atoms with Crippen molar-refractivity contribution in [1.29, 1.82) is 0 Å². The van der Waals surface area contributed by atoms with E-state index in [-0.39, 0.29) is 5.60 Å². The lowest BCUT2D eigenvalue weighted by atomic mass is 10.0. The molecule has 0 aromatic rings. The number of hydrogen-bond donors (Lipinski definition) is 0. The van der Waals surface area contributed by atoms with Crippen LogP contribution < -0.4 is 0 Å². The van der Waals surface area contributed by atoms with Gasteiger partial charge in [-0.1, -0.05) is 23.8 Å². The van der Waals surface area contributed by atoms with Crippen molar-refractivity contribution in [2.45, 2.75) is 52.4 Å². The zero-order chi connectivity index (χ0) is 12.8. The van der Waals surface area contributed by atoms with Gasteiger partial charge in [-0.05, 0) is 40.4 Å². The van der Waals surface area contributed by atoms with Gasteiger partial charge >= 0.3 is 0 Å². The van der Waals surface area contributed by atoms with Gasteiger partial charge in [0, 0.05) is 6.42 Å². The van der Waals surface area contributed by atoms with Crippen LogP contribution in [0.1, 0.15) is 27.2 Å². The minimum Gasteiger partial charge on any atom is -0.408 e. The molecule has 0 N–H and O–H groups in total. The van der Waals surface area contributed by atoms with Gasteiger partial charge in [-0.2, -0.15) is 0 Å². The maximum absolute atomic E-state index is 6.13. The van der Waals surface area contributed by atoms with E-state index in [9.17, 15) is 0 Å². The smallest absolute Gasteiger partial charge is 0.184 e. The van der Waals surface area contributed by atoms with Crippen molar-refractivity contribution in [3.8, 4) is 12.3 Å². The van der Waals surface area contributed by atoms with Crippen LogP contribution in [-0.4, -0.2) is 13.9 Å². The fourth-order valence-corrected chi connectivity index (χ4v) is 3.01. The summed E-state index contributed by atoms with van der Waals surface area (Å²) < 4.78 is 6.13. The Kier molecular flexibility index (Phi) is 5.78. The lowest BCUT2D eigenvalue weighted by molar-refractivity contribution is 0.138. The van der Waals surface area contributed by atoms with Gasteiger partial charge < -0.3 is 4.43 Å². The summed E-state index contributed by atoms with van der Waals surface area (Å²) in [5, 5.41) is 0. The summed E-state index contributed by atoms with van der Waals surface area (Å²) in [5.74, 6) is 2.69. The van der Waals surface area contributed by atoms with E-state index in [1.807, 2.05) is 6.08 Å². The van der Waals surface area contributed by atoms with Gasteiger partial charge in [0.05, 0.1) is 5.60 Å². The Morgan fingerprint density at radius 3 is 2.31 bits per heavy atom. The van der Waals surface area contributed by atoms with Gasteiger partial charge in [0.25, 0.3) is 0 Å². The summed E-state index contributed by atoms with van der Waals surface area (Å²) in [4.78, 5) is 0. The monoisotopic (exact) mass is 236 g/mol. The standard InChI is InChI=1S/C14H24OSi/c1-8-11-14(4,15-16(5,6)7)12-9-10-13(2)3/h1,9-10,12H,11H2,2-7H3/b12-9+/t14-/m0/s1. The van der Waals surface area contributed by atoms with Crippen LogP contribution in [0.3, 0.4) is 0 Å². The molecule has 0 fully saturated rings. The molecule has 0 heterocycles. The number of hydrogen-bond acceptors (Lipinski definition) is 1. The third-order valence-electron chi connectivity index (χ3n) is 1.87. The molecule has 0 bridgehead atoms. The van der Waals surface area contributed by atoms with Crippen LogP contribution in [-0.2, 0) is 4.43 Å². The Morgan fingerprint density at radius 2 is 1.94 bits per heavy atom. The first kappa shape index (κ1) is 15.2. The molecule has 1 atom stereocenters. The van der Waals surface area contributed by atoms with E-state index in [2.05, 4.69) is 58.5 Å². The van der Waals surface area contributed by atoms with E-state index in [1.165, 1.54) is 5.57 Å². The molecule has 0 saturated carbocycles. The average molecular weight is 236 g/mol. The number of terminal acetylenes is 1. The van der Waals surface area contributed by atoms with Crippen LogP contribution in [0.5, 0.6) is 0 Å². The topological polar surface area (TPSA) is 9.23 Å². The quantitative estimate of drug-likeness (QED) is 0.396. The predicted octanol–water partition coefficient (Wildman–Crippen LogP) is 4.14. The second-order valence-corrected chi connectivity index (χ2v) is 9.94. The van der Waals surface area contributed by atoms with Gasteiger partial charge in [0.2, 0.25) is 0 Å². The van der Waals surface area contributed by atoms with E-state index in [4.69, 9.17) is 10.8 Å².